The van der Waals surface area contributed by atoms with Crippen molar-refractivity contribution in [3.8, 4) is 5.75 Å². The van der Waals surface area contributed by atoms with Crippen LogP contribution in [-0.2, 0) is 9.53 Å². The molecule has 0 radical (unpaired) electrons. The van der Waals surface area contributed by atoms with E-state index < -0.39 is 5.97 Å². The Labute approximate surface area is 148 Å². The molecule has 2 aromatic carbocycles. The van der Waals surface area contributed by atoms with Crippen LogP contribution in [0.2, 0.25) is 0 Å². The van der Waals surface area contributed by atoms with E-state index in [1.807, 2.05) is 62.4 Å². The molecule has 24 heavy (non-hydrogen) atoms. The van der Waals surface area contributed by atoms with E-state index in [9.17, 15) is 4.79 Å². The Hall–Kier alpha value is -2.40. The molecule has 0 atom stereocenters. The first-order valence-corrected chi connectivity index (χ1v) is 8.36. The van der Waals surface area contributed by atoms with Gasteiger partial charge in [-0.05, 0) is 65.7 Å². The number of esters is 1. The van der Waals surface area contributed by atoms with Crippen molar-refractivity contribution in [1.29, 1.82) is 0 Å². The molecule has 122 valence electrons. The van der Waals surface area contributed by atoms with Crippen molar-refractivity contribution in [2.75, 3.05) is 0 Å². The molecular weight excluding hydrogens is 370 g/mol. The van der Waals surface area contributed by atoms with Crippen molar-refractivity contribution >= 4 is 33.9 Å². The van der Waals surface area contributed by atoms with Crippen LogP contribution in [0.15, 0.2) is 63.7 Å². The summed E-state index contributed by atoms with van der Waals surface area (Å²) in [5.41, 5.74) is 1.88. The quantitative estimate of drug-likeness (QED) is 0.571. The van der Waals surface area contributed by atoms with Crippen molar-refractivity contribution in [1.82, 2.24) is 0 Å². The topological polar surface area (TPSA) is 47.9 Å². The standard InChI is InChI=1S/C19H16BrNO3/c1-12(2)23-14-9-7-13(8-10-14)11-17-19(22)24-18(21-17)15-5-3-4-6-16(15)20/h3-12H,1-2H3/b17-11-. The lowest BCUT2D eigenvalue weighted by Crippen LogP contribution is -2.06. The Bertz CT molecular complexity index is 823. The molecule has 5 heteroatoms. The summed E-state index contributed by atoms with van der Waals surface area (Å²) in [7, 11) is 0. The Morgan fingerprint density at radius 2 is 1.83 bits per heavy atom. The largest absolute Gasteiger partial charge is 0.491 e. The van der Waals surface area contributed by atoms with E-state index in [1.165, 1.54) is 0 Å². The summed E-state index contributed by atoms with van der Waals surface area (Å²) in [5.74, 6) is 0.639. The highest BCUT2D eigenvalue weighted by molar-refractivity contribution is 9.10. The second-order valence-corrected chi connectivity index (χ2v) is 6.41. The molecule has 0 aromatic heterocycles. The lowest BCUT2D eigenvalue weighted by atomic mass is 10.2. The van der Waals surface area contributed by atoms with Crippen molar-refractivity contribution in [2.24, 2.45) is 4.99 Å². The molecule has 0 spiro atoms. The van der Waals surface area contributed by atoms with E-state index in [1.54, 1.807) is 6.08 Å². The fraction of sp³-hybridized carbons (Fsp3) is 0.158. The number of hydrogen-bond donors (Lipinski definition) is 0. The van der Waals surface area contributed by atoms with Crippen LogP contribution in [-0.4, -0.2) is 18.0 Å². The molecule has 1 aliphatic heterocycles. The molecule has 0 bridgehead atoms. The Morgan fingerprint density at radius 1 is 1.12 bits per heavy atom. The number of benzene rings is 2. The fourth-order valence-corrected chi connectivity index (χ4v) is 2.69. The number of cyclic esters (lactones) is 1. The monoisotopic (exact) mass is 385 g/mol. The van der Waals surface area contributed by atoms with Crippen LogP contribution in [0.3, 0.4) is 0 Å². The van der Waals surface area contributed by atoms with Crippen LogP contribution in [0, 0.1) is 0 Å². The highest BCUT2D eigenvalue weighted by Crippen LogP contribution is 2.24. The Balaban J connectivity index is 1.85. The summed E-state index contributed by atoms with van der Waals surface area (Å²) in [6, 6.07) is 15.0. The molecule has 0 N–H and O–H groups in total. The first-order chi connectivity index (χ1) is 11.5. The predicted octanol–water partition coefficient (Wildman–Crippen LogP) is 4.58. The minimum atomic E-state index is -0.455. The van der Waals surface area contributed by atoms with Gasteiger partial charge in [-0.1, -0.05) is 24.3 Å². The van der Waals surface area contributed by atoms with Crippen molar-refractivity contribution in [3.05, 3.63) is 69.8 Å². The third kappa shape index (κ3) is 3.74. The molecule has 0 saturated carbocycles. The first-order valence-electron chi connectivity index (χ1n) is 7.57. The van der Waals surface area contributed by atoms with Crippen LogP contribution in [0.4, 0.5) is 0 Å². The van der Waals surface area contributed by atoms with Gasteiger partial charge in [0.15, 0.2) is 5.70 Å². The fourth-order valence-electron chi connectivity index (χ4n) is 2.23. The number of nitrogens with zero attached hydrogens (tertiary/aromatic N) is 1. The van der Waals surface area contributed by atoms with Crippen molar-refractivity contribution in [2.45, 2.75) is 20.0 Å². The van der Waals surface area contributed by atoms with Crippen LogP contribution in [0.1, 0.15) is 25.0 Å². The number of halogens is 1. The Kier molecular flexibility index (Phi) is 4.81. The van der Waals surface area contributed by atoms with E-state index >= 15 is 0 Å². The van der Waals surface area contributed by atoms with E-state index in [-0.39, 0.29) is 11.8 Å². The van der Waals surface area contributed by atoms with E-state index in [4.69, 9.17) is 9.47 Å². The maximum atomic E-state index is 12.0. The summed E-state index contributed by atoms with van der Waals surface area (Å²) >= 11 is 3.43. The predicted molar refractivity (Wildman–Crippen MR) is 97.0 cm³/mol. The molecule has 1 aliphatic rings. The molecule has 3 rings (SSSR count). The molecular formula is C19H16BrNO3. The first kappa shape index (κ1) is 16.5. The SMILES string of the molecule is CC(C)Oc1ccc(/C=C2\N=C(c3ccccc3Br)OC2=O)cc1. The molecule has 0 amide bonds. The summed E-state index contributed by atoms with van der Waals surface area (Å²) in [6.07, 6.45) is 1.82. The van der Waals surface area contributed by atoms with Gasteiger partial charge in [-0.2, -0.15) is 0 Å². The van der Waals surface area contributed by atoms with E-state index in [0.29, 0.717) is 5.90 Å². The summed E-state index contributed by atoms with van der Waals surface area (Å²) in [4.78, 5) is 16.4. The summed E-state index contributed by atoms with van der Waals surface area (Å²) < 4.78 is 11.7. The van der Waals surface area contributed by atoms with Crippen molar-refractivity contribution in [3.63, 3.8) is 0 Å². The lowest BCUT2D eigenvalue weighted by Gasteiger charge is -2.09. The van der Waals surface area contributed by atoms with E-state index in [0.717, 1.165) is 21.3 Å². The third-order valence-corrected chi connectivity index (χ3v) is 3.97. The number of carbonyl (C=O) groups excluding carboxylic acids is 1. The van der Waals surface area contributed by atoms with Gasteiger partial charge in [0.1, 0.15) is 5.75 Å². The van der Waals surface area contributed by atoms with Gasteiger partial charge in [-0.3, -0.25) is 0 Å². The number of ether oxygens (including phenoxy) is 2. The van der Waals surface area contributed by atoms with Gasteiger partial charge < -0.3 is 9.47 Å². The molecule has 0 saturated heterocycles. The third-order valence-electron chi connectivity index (χ3n) is 3.28. The van der Waals surface area contributed by atoms with Crippen LogP contribution in [0.5, 0.6) is 5.75 Å². The normalized spacial score (nSPS) is 15.6. The maximum absolute atomic E-state index is 12.0. The highest BCUT2D eigenvalue weighted by Gasteiger charge is 2.25. The second kappa shape index (κ2) is 7.01. The zero-order valence-electron chi connectivity index (χ0n) is 13.3. The molecule has 0 fully saturated rings. The highest BCUT2D eigenvalue weighted by atomic mass is 79.9. The average Bonchev–Trinajstić information content (AvgIpc) is 2.90. The smallest absolute Gasteiger partial charge is 0.363 e. The van der Waals surface area contributed by atoms with Gasteiger partial charge in [0, 0.05) is 4.47 Å². The summed E-state index contributed by atoms with van der Waals surface area (Å²) in [6.45, 7) is 3.95. The number of aliphatic imine (C=N–C) groups is 1. The van der Waals surface area contributed by atoms with Gasteiger partial charge in [0.25, 0.3) is 0 Å². The minimum absolute atomic E-state index is 0.121. The summed E-state index contributed by atoms with van der Waals surface area (Å²) in [5, 5.41) is 0. The van der Waals surface area contributed by atoms with Crippen molar-refractivity contribution < 1.29 is 14.3 Å². The van der Waals surface area contributed by atoms with Crippen LogP contribution < -0.4 is 4.74 Å². The number of carbonyl (C=O) groups is 1. The molecule has 0 unspecified atom stereocenters. The molecule has 4 nitrogen and oxygen atoms in total. The maximum Gasteiger partial charge on any atom is 0.363 e. The number of rotatable bonds is 4. The van der Waals surface area contributed by atoms with Crippen LogP contribution in [0.25, 0.3) is 6.08 Å². The second-order valence-electron chi connectivity index (χ2n) is 5.55. The Morgan fingerprint density at radius 3 is 2.50 bits per heavy atom. The van der Waals surface area contributed by atoms with Gasteiger partial charge in [0.2, 0.25) is 5.90 Å². The molecule has 2 aromatic rings. The van der Waals surface area contributed by atoms with Gasteiger partial charge in [-0.15, -0.1) is 0 Å². The number of hydrogen-bond acceptors (Lipinski definition) is 4. The lowest BCUT2D eigenvalue weighted by molar-refractivity contribution is -0.129. The van der Waals surface area contributed by atoms with Gasteiger partial charge in [-0.25, -0.2) is 9.79 Å². The average molecular weight is 386 g/mol. The minimum Gasteiger partial charge on any atom is -0.491 e. The van der Waals surface area contributed by atoms with Gasteiger partial charge >= 0.3 is 5.97 Å². The zero-order valence-corrected chi connectivity index (χ0v) is 14.9. The van der Waals surface area contributed by atoms with Crippen LogP contribution >= 0.6 is 15.9 Å². The van der Waals surface area contributed by atoms with E-state index in [2.05, 4.69) is 20.9 Å². The van der Waals surface area contributed by atoms with Gasteiger partial charge in [0.05, 0.1) is 11.7 Å². The zero-order chi connectivity index (χ0) is 17.1. The molecule has 0 aliphatic carbocycles. The molecule has 1 heterocycles.